The lowest BCUT2D eigenvalue weighted by molar-refractivity contribution is -0.274. The van der Waals surface area contributed by atoms with Crippen molar-refractivity contribution in [2.75, 3.05) is 13.1 Å². The molecule has 4 rings (SSSR count). The first kappa shape index (κ1) is 19.7. The number of nitrogens with zero attached hydrogens (tertiary/aromatic N) is 3. The number of amides is 1. The van der Waals surface area contributed by atoms with Gasteiger partial charge in [-0.1, -0.05) is 25.5 Å². The van der Waals surface area contributed by atoms with Crippen LogP contribution in [0.25, 0.3) is 0 Å². The van der Waals surface area contributed by atoms with Gasteiger partial charge in [0.1, 0.15) is 11.6 Å². The molecule has 0 radical (unpaired) electrons. The monoisotopic (exact) mass is 408 g/mol. The Morgan fingerprint density at radius 1 is 1.34 bits per heavy atom. The number of carbonyl (C=O) groups excluding carboxylic acids is 1. The minimum absolute atomic E-state index is 0.0160. The number of halogens is 3. The van der Waals surface area contributed by atoms with E-state index in [4.69, 9.17) is 0 Å². The highest BCUT2D eigenvalue weighted by Crippen LogP contribution is 2.55. The molecule has 1 aromatic heterocycles. The van der Waals surface area contributed by atoms with E-state index in [0.717, 1.165) is 37.9 Å². The Bertz CT molecular complexity index is 892. The van der Waals surface area contributed by atoms with Crippen LogP contribution in [0, 0.1) is 5.41 Å². The Kier molecular flexibility index (Phi) is 5.00. The predicted molar refractivity (Wildman–Crippen MR) is 98.4 cm³/mol. The van der Waals surface area contributed by atoms with Crippen molar-refractivity contribution in [1.82, 2.24) is 20.1 Å². The van der Waals surface area contributed by atoms with Crippen LogP contribution in [-0.4, -0.2) is 45.4 Å². The summed E-state index contributed by atoms with van der Waals surface area (Å²) in [5.41, 5.74) is -0.178. The van der Waals surface area contributed by atoms with Gasteiger partial charge >= 0.3 is 6.36 Å². The zero-order valence-electron chi connectivity index (χ0n) is 16.1. The molecule has 1 aliphatic heterocycles. The molecule has 0 bridgehead atoms. The highest BCUT2D eigenvalue weighted by Gasteiger charge is 2.53. The van der Waals surface area contributed by atoms with E-state index >= 15 is 0 Å². The second-order valence-corrected chi connectivity index (χ2v) is 7.89. The molecule has 156 valence electrons. The minimum Gasteiger partial charge on any atom is -0.405 e. The van der Waals surface area contributed by atoms with Crippen LogP contribution >= 0.6 is 0 Å². The number of aromatic amines is 1. The second-order valence-electron chi connectivity index (χ2n) is 7.89. The van der Waals surface area contributed by atoms with Crippen LogP contribution in [0.2, 0.25) is 0 Å². The van der Waals surface area contributed by atoms with E-state index in [1.807, 2.05) is 0 Å². The number of nitrogens with one attached hydrogen (secondary N) is 1. The van der Waals surface area contributed by atoms with E-state index in [2.05, 4.69) is 26.8 Å². The Morgan fingerprint density at radius 3 is 2.76 bits per heavy atom. The predicted octanol–water partition coefficient (Wildman–Crippen LogP) is 4.07. The third-order valence-corrected chi connectivity index (χ3v) is 5.98. The fourth-order valence-electron chi connectivity index (χ4n) is 4.46. The van der Waals surface area contributed by atoms with Gasteiger partial charge in [0.25, 0.3) is 5.91 Å². The molecule has 1 unspecified atom stereocenters. The number of aryl methyl sites for hydroxylation is 1. The van der Waals surface area contributed by atoms with E-state index in [1.165, 1.54) is 24.3 Å². The third-order valence-electron chi connectivity index (χ3n) is 5.98. The number of rotatable bonds is 5. The van der Waals surface area contributed by atoms with E-state index in [1.54, 1.807) is 4.90 Å². The molecule has 2 fully saturated rings. The smallest absolute Gasteiger partial charge is 0.405 e. The summed E-state index contributed by atoms with van der Waals surface area (Å²) in [6, 6.07) is 5.49. The summed E-state index contributed by atoms with van der Waals surface area (Å²) in [5.74, 6) is 0.578. The van der Waals surface area contributed by atoms with Crippen LogP contribution in [0.15, 0.2) is 24.3 Å². The van der Waals surface area contributed by atoms with Gasteiger partial charge in [0.2, 0.25) is 0 Å². The number of likely N-dealkylation sites (tertiary alicyclic amines) is 1. The minimum atomic E-state index is -4.85. The maximum Gasteiger partial charge on any atom is 0.573 e. The summed E-state index contributed by atoms with van der Waals surface area (Å²) in [4.78, 5) is 19.3. The van der Waals surface area contributed by atoms with E-state index in [0.29, 0.717) is 18.9 Å². The quantitative estimate of drug-likeness (QED) is 0.810. The van der Waals surface area contributed by atoms with Crippen molar-refractivity contribution in [3.63, 3.8) is 0 Å². The number of hydrogen-bond donors (Lipinski definition) is 1. The zero-order chi connectivity index (χ0) is 20.6. The zero-order valence-corrected chi connectivity index (χ0v) is 16.1. The van der Waals surface area contributed by atoms with Gasteiger partial charge in [-0.05, 0) is 36.8 Å². The van der Waals surface area contributed by atoms with Crippen LogP contribution in [0.5, 0.6) is 5.75 Å². The van der Waals surface area contributed by atoms with Gasteiger partial charge in [0, 0.05) is 25.4 Å². The number of H-pyrrole nitrogens is 1. The molecular formula is C20H23F3N4O2. The van der Waals surface area contributed by atoms with Gasteiger partial charge in [-0.3, -0.25) is 9.89 Å². The lowest BCUT2D eigenvalue weighted by atomic mass is 9.62. The molecule has 1 spiro atoms. The Labute approximate surface area is 166 Å². The highest BCUT2D eigenvalue weighted by atomic mass is 19.4. The number of alkyl halides is 3. The maximum atomic E-state index is 13.1. The molecule has 2 aliphatic rings. The average molecular weight is 408 g/mol. The lowest BCUT2D eigenvalue weighted by Crippen LogP contribution is -2.38. The number of carbonyl (C=O) groups is 1. The molecule has 2 heterocycles. The lowest BCUT2D eigenvalue weighted by Gasteiger charge is -2.41. The summed E-state index contributed by atoms with van der Waals surface area (Å²) >= 11 is 0. The molecule has 9 heteroatoms. The van der Waals surface area contributed by atoms with Gasteiger partial charge < -0.3 is 9.64 Å². The fourth-order valence-corrected chi connectivity index (χ4v) is 4.46. The largest absolute Gasteiger partial charge is 0.573 e. The molecule has 6 nitrogen and oxygen atoms in total. The maximum absolute atomic E-state index is 13.1. The molecule has 29 heavy (non-hydrogen) atoms. The number of hydrogen-bond acceptors (Lipinski definition) is 4. The topological polar surface area (TPSA) is 71.1 Å². The highest BCUT2D eigenvalue weighted by molar-refractivity contribution is 5.97. The molecule has 1 aliphatic carbocycles. The number of benzene rings is 1. The first-order chi connectivity index (χ1) is 13.8. The average Bonchev–Trinajstić information content (AvgIpc) is 3.25. The van der Waals surface area contributed by atoms with E-state index < -0.39 is 18.0 Å². The molecular weight excluding hydrogens is 385 g/mol. The normalized spacial score (nSPS) is 20.7. The number of aromatic nitrogens is 3. The number of para-hydroxylation sites is 1. The second kappa shape index (κ2) is 7.35. The Balaban J connectivity index is 1.58. The fraction of sp³-hybridized carbons (Fsp3) is 0.550. The van der Waals surface area contributed by atoms with Gasteiger partial charge in [-0.15, -0.1) is 13.2 Å². The summed E-state index contributed by atoms with van der Waals surface area (Å²) in [7, 11) is 0. The summed E-state index contributed by atoms with van der Waals surface area (Å²) in [6.45, 7) is 2.95. The van der Waals surface area contributed by atoms with Crippen molar-refractivity contribution in [2.45, 2.75) is 51.3 Å². The van der Waals surface area contributed by atoms with Gasteiger partial charge in [-0.25, -0.2) is 4.98 Å². The van der Waals surface area contributed by atoms with Crippen molar-refractivity contribution in [3.05, 3.63) is 41.5 Å². The van der Waals surface area contributed by atoms with Gasteiger partial charge in [-0.2, -0.15) is 5.10 Å². The standard InChI is InChI=1S/C20H23F3N4O2/c1-2-6-16-24-17(26-25-16)14-11-27(12-19(14)9-5-10-19)18(28)13-7-3-4-8-15(13)29-20(21,22)23/h3-4,7-8,14H,2,5-6,9-12H2,1H3,(H,24,25,26). The molecule has 2 aromatic rings. The van der Waals surface area contributed by atoms with Crippen molar-refractivity contribution in [1.29, 1.82) is 0 Å². The molecule has 1 saturated heterocycles. The van der Waals surface area contributed by atoms with Crippen LogP contribution in [0.1, 0.15) is 60.5 Å². The third kappa shape index (κ3) is 3.82. The number of ether oxygens (including phenoxy) is 1. The van der Waals surface area contributed by atoms with Crippen LogP contribution < -0.4 is 4.74 Å². The van der Waals surface area contributed by atoms with E-state index in [9.17, 15) is 18.0 Å². The van der Waals surface area contributed by atoms with Crippen LogP contribution in [-0.2, 0) is 6.42 Å². The molecule has 1 saturated carbocycles. The molecule has 1 aromatic carbocycles. The van der Waals surface area contributed by atoms with Crippen molar-refractivity contribution in [3.8, 4) is 5.75 Å². The van der Waals surface area contributed by atoms with Crippen LogP contribution in [0.3, 0.4) is 0 Å². The van der Waals surface area contributed by atoms with E-state index in [-0.39, 0.29) is 16.9 Å². The first-order valence-electron chi connectivity index (χ1n) is 9.86. The van der Waals surface area contributed by atoms with Gasteiger partial charge in [0.05, 0.1) is 5.56 Å². The molecule has 1 amide bonds. The summed E-state index contributed by atoms with van der Waals surface area (Å²) in [6.07, 6.45) is -0.117. The van der Waals surface area contributed by atoms with Crippen LogP contribution in [0.4, 0.5) is 13.2 Å². The Morgan fingerprint density at radius 2 is 2.10 bits per heavy atom. The van der Waals surface area contributed by atoms with Crippen molar-refractivity contribution < 1.29 is 22.7 Å². The van der Waals surface area contributed by atoms with Crippen molar-refractivity contribution >= 4 is 5.91 Å². The molecule has 1 N–H and O–H groups in total. The van der Waals surface area contributed by atoms with Gasteiger partial charge in [0.15, 0.2) is 5.82 Å². The Hall–Kier alpha value is -2.58. The SMILES string of the molecule is CCCc1nc(C2CN(C(=O)c3ccccc3OC(F)(F)F)CC23CCC3)n[nH]1. The summed E-state index contributed by atoms with van der Waals surface area (Å²) < 4.78 is 42.3. The first-order valence-corrected chi connectivity index (χ1v) is 9.86. The van der Waals surface area contributed by atoms with Crippen molar-refractivity contribution in [2.24, 2.45) is 5.41 Å². The molecule has 1 atom stereocenters. The summed E-state index contributed by atoms with van der Waals surface area (Å²) in [5, 5.41) is 7.35.